The van der Waals surface area contributed by atoms with E-state index in [1.807, 2.05) is 0 Å². The molecule has 0 bridgehead atoms. The second-order valence-corrected chi connectivity index (χ2v) is 4.90. The Hall–Kier alpha value is -2.11. The number of hydrogen-bond donors (Lipinski definition) is 3. The molecule has 0 aliphatic heterocycles. The number of carbonyl (C=O) groups excluding carboxylic acids is 1. The Bertz CT molecular complexity index is 513. The van der Waals surface area contributed by atoms with Crippen LogP contribution in [-0.4, -0.2) is 23.1 Å². The van der Waals surface area contributed by atoms with E-state index in [2.05, 4.69) is 10.6 Å². The zero-order chi connectivity index (χ0) is 14.5. The van der Waals surface area contributed by atoms with Gasteiger partial charge in [0, 0.05) is 6.04 Å². The molecule has 1 aliphatic carbocycles. The number of urea groups is 1. The van der Waals surface area contributed by atoms with Crippen LogP contribution in [0.2, 0.25) is 0 Å². The number of benzene rings is 1. The second kappa shape index (κ2) is 6.36. The summed E-state index contributed by atoms with van der Waals surface area (Å²) in [6, 6.07) is 3.17. The number of carboxylic acid groups (broad SMARTS) is 1. The Kier molecular flexibility index (Phi) is 4.55. The second-order valence-electron chi connectivity index (χ2n) is 4.90. The van der Waals surface area contributed by atoms with Gasteiger partial charge >= 0.3 is 12.0 Å². The first-order valence-electron chi connectivity index (χ1n) is 6.67. The third-order valence-electron chi connectivity index (χ3n) is 3.42. The molecule has 1 aromatic carbocycles. The molecule has 0 atom stereocenters. The number of carbonyl (C=O) groups is 2. The number of rotatable bonds is 3. The van der Waals surface area contributed by atoms with Gasteiger partial charge in [-0.25, -0.2) is 14.0 Å². The van der Waals surface area contributed by atoms with Gasteiger partial charge in [-0.2, -0.15) is 0 Å². The number of hydrogen-bond acceptors (Lipinski definition) is 2. The van der Waals surface area contributed by atoms with E-state index in [1.54, 1.807) is 0 Å². The lowest BCUT2D eigenvalue weighted by Gasteiger charge is -2.23. The van der Waals surface area contributed by atoms with Crippen molar-refractivity contribution in [2.45, 2.75) is 38.1 Å². The van der Waals surface area contributed by atoms with Crippen LogP contribution < -0.4 is 10.6 Å². The maximum atomic E-state index is 13.6. The topological polar surface area (TPSA) is 78.4 Å². The summed E-state index contributed by atoms with van der Waals surface area (Å²) in [5.74, 6) is -2.04. The molecule has 1 aliphatic rings. The van der Waals surface area contributed by atoms with Crippen LogP contribution in [0.5, 0.6) is 0 Å². The molecule has 2 amide bonds. The van der Waals surface area contributed by atoms with Gasteiger partial charge in [-0.05, 0) is 25.0 Å². The van der Waals surface area contributed by atoms with Crippen LogP contribution in [0, 0.1) is 5.82 Å². The van der Waals surface area contributed by atoms with Crippen LogP contribution in [-0.2, 0) is 0 Å². The summed E-state index contributed by atoms with van der Waals surface area (Å²) >= 11 is 0. The third-order valence-corrected chi connectivity index (χ3v) is 3.42. The Morgan fingerprint density at radius 2 is 1.90 bits per heavy atom. The molecule has 0 heterocycles. The van der Waals surface area contributed by atoms with Crippen molar-refractivity contribution in [3.8, 4) is 0 Å². The van der Waals surface area contributed by atoms with E-state index >= 15 is 0 Å². The van der Waals surface area contributed by atoms with Crippen molar-refractivity contribution in [3.63, 3.8) is 0 Å². The molecular formula is C14H17FN2O3. The summed E-state index contributed by atoms with van der Waals surface area (Å²) < 4.78 is 13.6. The third kappa shape index (κ3) is 3.46. The highest BCUT2D eigenvalue weighted by molar-refractivity contribution is 6.00. The molecule has 1 aromatic rings. The predicted octanol–water partition coefficient (Wildman–Crippen LogP) is 2.98. The van der Waals surface area contributed by atoms with E-state index in [0.29, 0.717) is 0 Å². The Labute approximate surface area is 116 Å². The molecule has 0 radical (unpaired) electrons. The van der Waals surface area contributed by atoms with Gasteiger partial charge in [-0.1, -0.05) is 25.3 Å². The van der Waals surface area contributed by atoms with Crippen molar-refractivity contribution in [3.05, 3.63) is 29.6 Å². The van der Waals surface area contributed by atoms with Crippen molar-refractivity contribution in [2.24, 2.45) is 0 Å². The van der Waals surface area contributed by atoms with E-state index in [1.165, 1.54) is 12.1 Å². The molecule has 1 saturated carbocycles. The summed E-state index contributed by atoms with van der Waals surface area (Å²) in [5, 5.41) is 14.0. The molecule has 6 heteroatoms. The molecule has 0 aromatic heterocycles. The minimum Gasteiger partial charge on any atom is -0.478 e. The van der Waals surface area contributed by atoms with Gasteiger partial charge in [-0.15, -0.1) is 0 Å². The molecule has 20 heavy (non-hydrogen) atoms. The molecule has 5 nitrogen and oxygen atoms in total. The van der Waals surface area contributed by atoms with E-state index in [0.717, 1.165) is 38.2 Å². The van der Waals surface area contributed by atoms with Gasteiger partial charge in [0.2, 0.25) is 0 Å². The summed E-state index contributed by atoms with van der Waals surface area (Å²) in [5.41, 5.74) is -0.558. The fraction of sp³-hybridized carbons (Fsp3) is 0.429. The number of aromatic carboxylic acids is 1. The van der Waals surface area contributed by atoms with Crippen molar-refractivity contribution in [1.82, 2.24) is 5.32 Å². The van der Waals surface area contributed by atoms with Crippen LogP contribution in [0.1, 0.15) is 42.5 Å². The SMILES string of the molecule is O=C(Nc1c(F)cccc1C(=O)O)NC1CCCCC1. The normalized spacial score (nSPS) is 15.7. The molecule has 108 valence electrons. The Morgan fingerprint density at radius 1 is 1.20 bits per heavy atom. The lowest BCUT2D eigenvalue weighted by atomic mass is 9.96. The first-order chi connectivity index (χ1) is 9.58. The maximum Gasteiger partial charge on any atom is 0.337 e. The largest absolute Gasteiger partial charge is 0.478 e. The first-order valence-corrected chi connectivity index (χ1v) is 6.67. The summed E-state index contributed by atoms with van der Waals surface area (Å²) in [7, 11) is 0. The maximum absolute atomic E-state index is 13.6. The number of nitrogens with one attached hydrogen (secondary N) is 2. The number of halogens is 1. The fourth-order valence-corrected chi connectivity index (χ4v) is 2.41. The van der Waals surface area contributed by atoms with Crippen molar-refractivity contribution >= 4 is 17.7 Å². The van der Waals surface area contributed by atoms with Crippen molar-refractivity contribution in [1.29, 1.82) is 0 Å². The highest BCUT2D eigenvalue weighted by Gasteiger charge is 2.19. The van der Waals surface area contributed by atoms with E-state index in [4.69, 9.17) is 5.11 Å². The minimum atomic E-state index is -1.28. The quantitative estimate of drug-likeness (QED) is 0.796. The lowest BCUT2D eigenvalue weighted by molar-refractivity contribution is 0.0697. The van der Waals surface area contributed by atoms with E-state index in [9.17, 15) is 14.0 Å². The predicted molar refractivity (Wildman–Crippen MR) is 72.4 cm³/mol. The Morgan fingerprint density at radius 3 is 2.55 bits per heavy atom. The molecule has 2 rings (SSSR count). The number of anilines is 1. The molecule has 3 N–H and O–H groups in total. The average molecular weight is 280 g/mol. The number of amides is 2. The first kappa shape index (κ1) is 14.3. The van der Waals surface area contributed by atoms with Crippen LogP contribution in [0.3, 0.4) is 0 Å². The monoisotopic (exact) mass is 280 g/mol. The Balaban J connectivity index is 2.05. The lowest BCUT2D eigenvalue weighted by Crippen LogP contribution is -2.39. The van der Waals surface area contributed by atoms with Crippen LogP contribution >= 0.6 is 0 Å². The number of para-hydroxylation sites is 1. The summed E-state index contributed by atoms with van der Waals surface area (Å²) in [6.07, 6.45) is 5.08. The highest BCUT2D eigenvalue weighted by atomic mass is 19.1. The number of carboxylic acids is 1. The zero-order valence-electron chi connectivity index (χ0n) is 11.0. The minimum absolute atomic E-state index is 0.0730. The molecule has 0 saturated heterocycles. The molecule has 0 spiro atoms. The molecule has 1 fully saturated rings. The van der Waals surface area contributed by atoms with Gasteiger partial charge in [0.15, 0.2) is 0 Å². The smallest absolute Gasteiger partial charge is 0.337 e. The van der Waals surface area contributed by atoms with Crippen LogP contribution in [0.4, 0.5) is 14.9 Å². The van der Waals surface area contributed by atoms with Gasteiger partial charge in [0.1, 0.15) is 5.82 Å². The van der Waals surface area contributed by atoms with E-state index in [-0.39, 0.29) is 17.3 Å². The van der Waals surface area contributed by atoms with Gasteiger partial charge in [0.05, 0.1) is 11.3 Å². The average Bonchev–Trinajstić information content (AvgIpc) is 2.42. The molecule has 0 unspecified atom stereocenters. The summed E-state index contributed by atoms with van der Waals surface area (Å²) in [6.45, 7) is 0. The van der Waals surface area contributed by atoms with Crippen LogP contribution in [0.25, 0.3) is 0 Å². The standard InChI is InChI=1S/C14H17FN2O3/c15-11-8-4-7-10(13(18)19)12(11)17-14(20)16-9-5-2-1-3-6-9/h4,7-9H,1-3,5-6H2,(H,18,19)(H2,16,17,20). The van der Waals surface area contributed by atoms with Gasteiger partial charge < -0.3 is 15.7 Å². The van der Waals surface area contributed by atoms with Crippen LogP contribution in [0.15, 0.2) is 18.2 Å². The highest BCUT2D eigenvalue weighted by Crippen LogP contribution is 2.21. The summed E-state index contributed by atoms with van der Waals surface area (Å²) in [4.78, 5) is 22.8. The fourth-order valence-electron chi connectivity index (χ4n) is 2.41. The van der Waals surface area contributed by atoms with Gasteiger partial charge in [0.25, 0.3) is 0 Å². The van der Waals surface area contributed by atoms with Gasteiger partial charge in [-0.3, -0.25) is 0 Å². The molecular weight excluding hydrogens is 263 g/mol. The van der Waals surface area contributed by atoms with Crippen molar-refractivity contribution in [2.75, 3.05) is 5.32 Å². The zero-order valence-corrected chi connectivity index (χ0v) is 11.0. The van der Waals surface area contributed by atoms with Crippen molar-refractivity contribution < 1.29 is 19.1 Å². The van der Waals surface area contributed by atoms with E-state index < -0.39 is 17.8 Å².